The van der Waals surface area contributed by atoms with E-state index in [9.17, 15) is 13.6 Å². The van der Waals surface area contributed by atoms with Gasteiger partial charge in [0.2, 0.25) is 0 Å². The smallest absolute Gasteiger partial charge is 0.387 e. The molecule has 0 aliphatic rings. The lowest BCUT2D eigenvalue weighted by atomic mass is 10.1. The third-order valence-corrected chi connectivity index (χ3v) is 3.49. The van der Waals surface area contributed by atoms with Crippen molar-refractivity contribution in [1.29, 1.82) is 0 Å². The van der Waals surface area contributed by atoms with E-state index in [0.29, 0.717) is 10.0 Å². The Morgan fingerprint density at radius 2 is 2.17 bits per heavy atom. The lowest BCUT2D eigenvalue weighted by Crippen LogP contribution is -2.08. The summed E-state index contributed by atoms with van der Waals surface area (Å²) in [6.45, 7) is -0.985. The molecule has 1 rings (SSSR count). The van der Waals surface area contributed by atoms with Crippen molar-refractivity contribution < 1.29 is 23.0 Å². The highest BCUT2D eigenvalue weighted by Crippen LogP contribution is 2.36. The summed E-state index contributed by atoms with van der Waals surface area (Å²) in [5.41, 5.74) is 0.542. The first-order chi connectivity index (χ1) is 8.45. The van der Waals surface area contributed by atoms with Gasteiger partial charge in [-0.05, 0) is 34.5 Å². The molecule has 7 heteroatoms. The molecule has 0 radical (unpaired) electrons. The van der Waals surface area contributed by atoms with Crippen molar-refractivity contribution in [2.45, 2.75) is 20.0 Å². The minimum Gasteiger partial charge on any atom is -0.466 e. The number of benzene rings is 1. The van der Waals surface area contributed by atoms with Gasteiger partial charge in [-0.15, -0.1) is 0 Å². The van der Waals surface area contributed by atoms with Gasteiger partial charge in [0, 0.05) is 4.47 Å². The summed E-state index contributed by atoms with van der Waals surface area (Å²) in [5.74, 6) is -0.567. The van der Waals surface area contributed by atoms with Gasteiger partial charge >= 0.3 is 12.6 Å². The molecule has 1 aromatic carbocycles. The first-order valence-corrected chi connectivity index (χ1v) is 6.20. The van der Waals surface area contributed by atoms with Crippen LogP contribution in [0.15, 0.2) is 16.6 Å². The fourth-order valence-corrected chi connectivity index (χ4v) is 1.96. The van der Waals surface area contributed by atoms with Crippen LogP contribution in [0, 0.1) is 0 Å². The van der Waals surface area contributed by atoms with Crippen molar-refractivity contribution in [3.05, 3.63) is 27.2 Å². The van der Waals surface area contributed by atoms with Gasteiger partial charge in [0.15, 0.2) is 0 Å². The Hall–Kier alpha value is -0.880. The Morgan fingerprint density at radius 3 is 2.72 bits per heavy atom. The molecule has 0 amide bonds. The van der Waals surface area contributed by atoms with Crippen molar-refractivity contribution in [1.82, 2.24) is 0 Å². The number of ether oxygens (including phenoxy) is 2. The number of halogens is 4. The van der Waals surface area contributed by atoms with Crippen molar-refractivity contribution in [3.63, 3.8) is 0 Å². The molecule has 0 atom stereocenters. The monoisotopic (exact) mass is 342 g/mol. The number of esters is 1. The van der Waals surface area contributed by atoms with Crippen LogP contribution >= 0.6 is 27.5 Å². The van der Waals surface area contributed by atoms with Gasteiger partial charge in [0.1, 0.15) is 5.75 Å². The maximum absolute atomic E-state index is 12.1. The molecule has 1 aromatic rings. The number of hydrogen-bond donors (Lipinski definition) is 0. The Bertz CT molecular complexity index is 441. The molecule has 0 saturated carbocycles. The fourth-order valence-electron chi connectivity index (χ4n) is 1.26. The average molecular weight is 344 g/mol. The zero-order valence-electron chi connectivity index (χ0n) is 9.38. The molecular formula is C11H10BrClF2O3. The molecule has 0 aliphatic heterocycles. The zero-order chi connectivity index (χ0) is 13.7. The summed E-state index contributed by atoms with van der Waals surface area (Å²) in [6.07, 6.45) is 0.00308. The summed E-state index contributed by atoms with van der Waals surface area (Å²) >= 11 is 8.98. The minimum absolute atomic E-state index is 0.00269. The topological polar surface area (TPSA) is 35.5 Å². The van der Waals surface area contributed by atoms with Crippen molar-refractivity contribution in [3.8, 4) is 5.75 Å². The van der Waals surface area contributed by atoms with Crippen LogP contribution in [0.5, 0.6) is 5.75 Å². The zero-order valence-corrected chi connectivity index (χ0v) is 11.7. The van der Waals surface area contributed by atoms with E-state index < -0.39 is 12.6 Å². The number of hydrogen-bond acceptors (Lipinski definition) is 3. The van der Waals surface area contributed by atoms with Gasteiger partial charge in [-0.2, -0.15) is 8.78 Å². The fraction of sp³-hybridized carbons (Fsp3) is 0.364. The highest BCUT2D eigenvalue weighted by molar-refractivity contribution is 9.10. The normalized spacial score (nSPS) is 10.6. The molecule has 0 spiro atoms. The minimum atomic E-state index is -2.95. The molecule has 0 aromatic heterocycles. The van der Waals surface area contributed by atoms with E-state index in [1.165, 1.54) is 12.1 Å². The standard InChI is InChI=1S/C11H10BrClF2O3/c1-2-17-8(16)5-6-3-4-7(18-11(14)15)10(13)9(6)12/h3-4,11H,2,5H2,1H3. The first kappa shape index (κ1) is 15.2. The third kappa shape index (κ3) is 4.10. The van der Waals surface area contributed by atoms with E-state index in [0.717, 1.165) is 0 Å². The van der Waals surface area contributed by atoms with E-state index in [-0.39, 0.29) is 23.8 Å². The quantitative estimate of drug-likeness (QED) is 0.763. The third-order valence-electron chi connectivity index (χ3n) is 1.98. The number of alkyl halides is 2. The summed E-state index contributed by atoms with van der Waals surface area (Å²) in [7, 11) is 0. The molecule has 0 bridgehead atoms. The highest BCUT2D eigenvalue weighted by atomic mass is 79.9. The molecule has 0 saturated heterocycles. The van der Waals surface area contributed by atoms with E-state index in [4.69, 9.17) is 16.3 Å². The van der Waals surface area contributed by atoms with Crippen LogP contribution < -0.4 is 4.74 Å². The SMILES string of the molecule is CCOC(=O)Cc1ccc(OC(F)F)c(Cl)c1Br. The molecule has 3 nitrogen and oxygen atoms in total. The Balaban J connectivity index is 2.90. The second-order valence-corrected chi connectivity index (χ2v) is 4.38. The Kier molecular flexibility index (Phi) is 5.81. The number of carbonyl (C=O) groups is 1. The maximum atomic E-state index is 12.1. The van der Waals surface area contributed by atoms with E-state index in [1.807, 2.05) is 0 Å². The summed E-state index contributed by atoms with van der Waals surface area (Å²) in [5, 5.41) is -0.00269. The van der Waals surface area contributed by atoms with Gasteiger partial charge in [-0.1, -0.05) is 17.7 Å². The molecule has 0 fully saturated rings. The molecule has 18 heavy (non-hydrogen) atoms. The summed E-state index contributed by atoms with van der Waals surface area (Å²) in [4.78, 5) is 11.3. The van der Waals surface area contributed by atoms with Gasteiger partial charge < -0.3 is 9.47 Å². The molecular weight excluding hydrogens is 333 g/mol. The second kappa shape index (κ2) is 6.89. The number of carbonyl (C=O) groups excluding carboxylic acids is 1. The summed E-state index contributed by atoms with van der Waals surface area (Å²) in [6, 6.07) is 2.76. The Labute approximate surface area is 116 Å². The largest absolute Gasteiger partial charge is 0.466 e. The molecule has 0 aliphatic carbocycles. The van der Waals surface area contributed by atoms with Crippen LogP contribution in [-0.2, 0) is 16.0 Å². The van der Waals surface area contributed by atoms with E-state index in [2.05, 4.69) is 20.7 Å². The molecule has 0 unspecified atom stereocenters. The first-order valence-electron chi connectivity index (χ1n) is 5.03. The average Bonchev–Trinajstić information content (AvgIpc) is 2.29. The van der Waals surface area contributed by atoms with Crippen LogP contribution in [-0.4, -0.2) is 19.2 Å². The van der Waals surface area contributed by atoms with Crippen molar-refractivity contribution in [2.75, 3.05) is 6.61 Å². The van der Waals surface area contributed by atoms with Crippen LogP contribution in [0.3, 0.4) is 0 Å². The molecule has 0 heterocycles. The lowest BCUT2D eigenvalue weighted by Gasteiger charge is -2.11. The van der Waals surface area contributed by atoms with Gasteiger partial charge in [-0.3, -0.25) is 4.79 Å². The maximum Gasteiger partial charge on any atom is 0.387 e. The molecule has 0 N–H and O–H groups in total. The van der Waals surface area contributed by atoms with E-state index in [1.54, 1.807) is 6.92 Å². The lowest BCUT2D eigenvalue weighted by molar-refractivity contribution is -0.142. The van der Waals surface area contributed by atoms with Crippen LogP contribution in [0.25, 0.3) is 0 Å². The van der Waals surface area contributed by atoms with Crippen molar-refractivity contribution in [2.24, 2.45) is 0 Å². The van der Waals surface area contributed by atoms with Crippen molar-refractivity contribution >= 4 is 33.5 Å². The predicted octanol–water partition coefficient (Wildman–Crippen LogP) is 3.81. The van der Waals surface area contributed by atoms with E-state index >= 15 is 0 Å². The van der Waals surface area contributed by atoms with Gasteiger partial charge in [-0.25, -0.2) is 0 Å². The highest BCUT2D eigenvalue weighted by Gasteiger charge is 2.16. The van der Waals surface area contributed by atoms with Gasteiger partial charge in [0.05, 0.1) is 18.1 Å². The predicted molar refractivity (Wildman–Crippen MR) is 66.1 cm³/mol. The number of rotatable bonds is 5. The molecule has 100 valence electrons. The summed E-state index contributed by atoms with van der Waals surface area (Å²) < 4.78 is 33.5. The Morgan fingerprint density at radius 1 is 1.50 bits per heavy atom. The van der Waals surface area contributed by atoms with Crippen LogP contribution in [0.1, 0.15) is 12.5 Å². The van der Waals surface area contributed by atoms with Crippen LogP contribution in [0.2, 0.25) is 5.02 Å². The van der Waals surface area contributed by atoms with Crippen LogP contribution in [0.4, 0.5) is 8.78 Å². The second-order valence-electron chi connectivity index (χ2n) is 3.21. The van der Waals surface area contributed by atoms with Gasteiger partial charge in [0.25, 0.3) is 0 Å².